The highest BCUT2D eigenvalue weighted by Crippen LogP contribution is 2.25. The smallest absolute Gasteiger partial charge is 0.265 e. The Balaban J connectivity index is 1.63. The molecule has 0 unspecified atom stereocenters. The molecule has 3 amide bonds. The van der Waals surface area contributed by atoms with Gasteiger partial charge in [-0.25, -0.2) is 0 Å². The second-order valence-electron chi connectivity index (χ2n) is 6.95. The van der Waals surface area contributed by atoms with Crippen molar-refractivity contribution in [2.24, 2.45) is 0 Å². The monoisotopic (exact) mass is 436 g/mol. The Hall–Kier alpha value is -3.72. The van der Waals surface area contributed by atoms with E-state index in [1.54, 1.807) is 42.2 Å². The molecule has 0 atom stereocenters. The number of furan rings is 1. The van der Waals surface area contributed by atoms with Gasteiger partial charge in [0.1, 0.15) is 17.9 Å². The molecule has 3 heterocycles. The Morgan fingerprint density at radius 1 is 1.23 bits per heavy atom. The summed E-state index contributed by atoms with van der Waals surface area (Å²) < 4.78 is 7.01. The molecule has 2 N–H and O–H groups in total. The molecule has 0 aliphatic carbocycles. The van der Waals surface area contributed by atoms with Gasteiger partial charge in [0.25, 0.3) is 11.8 Å². The normalized spacial score (nSPS) is 15.6. The summed E-state index contributed by atoms with van der Waals surface area (Å²) in [6.07, 6.45) is 4.85. The second-order valence-corrected chi connectivity index (χ2v) is 7.34. The number of hydrogen-bond acceptors (Lipinski definition) is 5. The van der Waals surface area contributed by atoms with Crippen LogP contribution in [0.4, 0.5) is 0 Å². The van der Waals surface area contributed by atoms with Gasteiger partial charge in [-0.2, -0.15) is 0 Å². The molecule has 158 valence electrons. The molecule has 1 aliphatic rings. The van der Waals surface area contributed by atoms with Crippen molar-refractivity contribution in [2.45, 2.75) is 20.0 Å². The number of likely N-dealkylation sites (N-methyl/N-ethyl adjacent to an activating group) is 1. The van der Waals surface area contributed by atoms with Crippen molar-refractivity contribution in [3.05, 3.63) is 65.8 Å². The van der Waals surface area contributed by atoms with E-state index in [4.69, 9.17) is 16.6 Å². The number of fused-ring (bicyclic) bond motifs is 1. The first-order chi connectivity index (χ1) is 15.0. The Kier molecular flexibility index (Phi) is 5.68. The van der Waals surface area contributed by atoms with Crippen LogP contribution in [0.2, 0.25) is 0 Å². The van der Waals surface area contributed by atoms with Crippen molar-refractivity contribution in [1.29, 1.82) is 0 Å². The van der Waals surface area contributed by atoms with E-state index in [2.05, 4.69) is 10.6 Å². The molecular formula is C22H20N4O4S. The summed E-state index contributed by atoms with van der Waals surface area (Å²) in [5.41, 5.74) is 1.48. The third-order valence-electron chi connectivity index (χ3n) is 4.98. The summed E-state index contributed by atoms with van der Waals surface area (Å²) in [6, 6.07) is 11.0. The van der Waals surface area contributed by atoms with Crippen molar-refractivity contribution in [2.75, 3.05) is 6.54 Å². The van der Waals surface area contributed by atoms with E-state index >= 15 is 0 Å². The molecule has 0 bridgehead atoms. The Morgan fingerprint density at radius 3 is 2.77 bits per heavy atom. The van der Waals surface area contributed by atoms with Crippen molar-refractivity contribution >= 4 is 52.0 Å². The topological polar surface area (TPSA) is 96.6 Å². The zero-order chi connectivity index (χ0) is 22.0. The molecule has 2 aromatic heterocycles. The fourth-order valence-electron chi connectivity index (χ4n) is 3.47. The van der Waals surface area contributed by atoms with Crippen LogP contribution in [-0.2, 0) is 27.5 Å². The van der Waals surface area contributed by atoms with Crippen LogP contribution in [0, 0.1) is 0 Å². The Labute approximate surface area is 183 Å². The van der Waals surface area contributed by atoms with Crippen LogP contribution >= 0.6 is 12.2 Å². The fourth-order valence-corrected chi connectivity index (χ4v) is 3.77. The maximum atomic E-state index is 12.7. The average Bonchev–Trinajstić information content (AvgIpc) is 3.38. The van der Waals surface area contributed by atoms with Gasteiger partial charge in [-0.15, -0.1) is 0 Å². The minimum absolute atomic E-state index is 0.000578. The molecule has 0 spiro atoms. The van der Waals surface area contributed by atoms with Crippen LogP contribution in [0.3, 0.4) is 0 Å². The molecule has 1 aromatic carbocycles. The molecule has 0 saturated carbocycles. The lowest BCUT2D eigenvalue weighted by Gasteiger charge is -2.27. The molecule has 3 aromatic rings. The molecule has 1 saturated heterocycles. The number of nitrogens with one attached hydrogen (secondary N) is 2. The summed E-state index contributed by atoms with van der Waals surface area (Å²) in [6.45, 7) is 2.51. The molecule has 1 fully saturated rings. The van der Waals surface area contributed by atoms with Gasteiger partial charge in [0.15, 0.2) is 5.11 Å². The third-order valence-corrected chi connectivity index (χ3v) is 5.30. The minimum Gasteiger partial charge on any atom is -0.467 e. The van der Waals surface area contributed by atoms with E-state index in [0.717, 1.165) is 10.9 Å². The lowest BCUT2D eigenvalue weighted by Crippen LogP contribution is -2.53. The predicted molar refractivity (Wildman–Crippen MR) is 119 cm³/mol. The number of carbonyl (C=O) groups excluding carboxylic acids is 3. The van der Waals surface area contributed by atoms with E-state index in [-0.39, 0.29) is 23.1 Å². The van der Waals surface area contributed by atoms with Gasteiger partial charge in [0, 0.05) is 29.2 Å². The Morgan fingerprint density at radius 2 is 2.03 bits per heavy atom. The van der Waals surface area contributed by atoms with Crippen LogP contribution in [0.5, 0.6) is 0 Å². The van der Waals surface area contributed by atoms with Crippen molar-refractivity contribution < 1.29 is 18.8 Å². The largest absolute Gasteiger partial charge is 0.467 e. The van der Waals surface area contributed by atoms with E-state index in [1.807, 2.05) is 24.3 Å². The quantitative estimate of drug-likeness (QED) is 0.351. The van der Waals surface area contributed by atoms with E-state index in [0.29, 0.717) is 24.4 Å². The lowest BCUT2D eigenvalue weighted by atomic mass is 10.1. The number of aromatic nitrogens is 1. The lowest BCUT2D eigenvalue weighted by molar-refractivity contribution is -0.128. The molecule has 4 rings (SSSR count). The molecule has 0 radical (unpaired) electrons. The number of para-hydroxylation sites is 1. The van der Waals surface area contributed by atoms with Gasteiger partial charge in [-0.1, -0.05) is 18.2 Å². The number of hydrogen-bond donors (Lipinski definition) is 2. The van der Waals surface area contributed by atoms with Crippen LogP contribution in [0.25, 0.3) is 17.0 Å². The highest BCUT2D eigenvalue weighted by atomic mass is 32.1. The number of benzene rings is 1. The first-order valence-electron chi connectivity index (χ1n) is 9.73. The van der Waals surface area contributed by atoms with Crippen LogP contribution < -0.4 is 10.6 Å². The summed E-state index contributed by atoms with van der Waals surface area (Å²) in [5, 5.41) is 6.29. The van der Waals surface area contributed by atoms with Crippen molar-refractivity contribution in [3.8, 4) is 0 Å². The van der Waals surface area contributed by atoms with Gasteiger partial charge in [0.2, 0.25) is 5.91 Å². The molecular weight excluding hydrogens is 416 g/mol. The zero-order valence-electron chi connectivity index (χ0n) is 16.8. The maximum absolute atomic E-state index is 12.7. The Bertz CT molecular complexity index is 1210. The zero-order valence-corrected chi connectivity index (χ0v) is 17.6. The number of rotatable bonds is 6. The third kappa shape index (κ3) is 4.13. The first kappa shape index (κ1) is 20.5. The summed E-state index contributed by atoms with van der Waals surface area (Å²) in [7, 11) is 0. The molecule has 8 nitrogen and oxygen atoms in total. The predicted octanol–water partition coefficient (Wildman–Crippen LogP) is 2.20. The summed E-state index contributed by atoms with van der Waals surface area (Å²) in [4.78, 5) is 38.9. The van der Waals surface area contributed by atoms with Gasteiger partial charge in [-0.05, 0) is 43.4 Å². The van der Waals surface area contributed by atoms with Crippen molar-refractivity contribution in [3.63, 3.8) is 0 Å². The summed E-state index contributed by atoms with van der Waals surface area (Å²) in [5.74, 6) is -0.501. The summed E-state index contributed by atoms with van der Waals surface area (Å²) >= 11 is 5.07. The van der Waals surface area contributed by atoms with Gasteiger partial charge in [-0.3, -0.25) is 24.6 Å². The number of amides is 3. The van der Waals surface area contributed by atoms with Crippen LogP contribution in [0.15, 0.2) is 58.8 Å². The van der Waals surface area contributed by atoms with E-state index in [1.165, 1.54) is 4.90 Å². The average molecular weight is 436 g/mol. The van der Waals surface area contributed by atoms with Gasteiger partial charge >= 0.3 is 0 Å². The van der Waals surface area contributed by atoms with E-state index in [9.17, 15) is 14.4 Å². The van der Waals surface area contributed by atoms with E-state index < -0.39 is 11.8 Å². The molecule has 1 aliphatic heterocycles. The maximum Gasteiger partial charge on any atom is 0.265 e. The standard InChI is InChI=1S/C22H20N4O4S/c1-2-26-21(29)17(20(28)24-22(26)31)10-14-12-25(18-8-4-3-7-16(14)18)13-19(27)23-11-15-6-5-9-30-15/h3-10,12H,2,11,13H2,1H3,(H,23,27)(H,24,28,31)/b17-10+. The highest BCUT2D eigenvalue weighted by Gasteiger charge is 2.32. The number of carbonyl (C=O) groups is 3. The first-order valence-corrected chi connectivity index (χ1v) is 10.1. The molecule has 31 heavy (non-hydrogen) atoms. The number of thiocarbonyl (C=S) groups is 1. The van der Waals surface area contributed by atoms with Gasteiger partial charge in [0.05, 0.1) is 12.8 Å². The van der Waals surface area contributed by atoms with Gasteiger partial charge < -0.3 is 14.3 Å². The fraction of sp³-hybridized carbons (Fsp3) is 0.182. The SMILES string of the molecule is CCN1C(=O)/C(=C/c2cn(CC(=O)NCc3ccco3)c3ccccc23)C(=O)NC1=S. The number of nitrogens with zero attached hydrogens (tertiary/aromatic N) is 2. The van der Waals surface area contributed by atoms with Crippen LogP contribution in [-0.4, -0.2) is 38.8 Å². The molecule has 9 heteroatoms. The van der Waals surface area contributed by atoms with Crippen LogP contribution in [0.1, 0.15) is 18.2 Å². The second kappa shape index (κ2) is 8.57. The minimum atomic E-state index is -0.535. The van der Waals surface area contributed by atoms with Crippen molar-refractivity contribution in [1.82, 2.24) is 20.1 Å². The highest BCUT2D eigenvalue weighted by molar-refractivity contribution is 7.80.